The van der Waals surface area contributed by atoms with E-state index in [1.54, 1.807) is 0 Å². The second-order valence-corrected chi connectivity index (χ2v) is 7.43. The molecule has 26 heavy (non-hydrogen) atoms. The van der Waals surface area contributed by atoms with Gasteiger partial charge >= 0.3 is 0 Å². The molecule has 1 N–H and O–H groups in total. The van der Waals surface area contributed by atoms with Crippen LogP contribution in [0.2, 0.25) is 0 Å². The number of para-hydroxylation sites is 1. The standard InChI is InChI=1S/C20H29N5O/c1-15-6-5-7-16-12-17(13-24(4)11-10-23(2)3)20(22-19(15)16)25-9-8-21-18(26)14-25/h5-7,12H,8-11,13-14H2,1-4H3,(H,21,26). The zero-order valence-electron chi connectivity index (χ0n) is 16.2. The summed E-state index contributed by atoms with van der Waals surface area (Å²) in [5.74, 6) is 1.01. The first-order chi connectivity index (χ1) is 12.4. The minimum absolute atomic E-state index is 0.0647. The Bertz CT molecular complexity index is 789. The third kappa shape index (κ3) is 4.31. The van der Waals surface area contributed by atoms with Crippen molar-refractivity contribution in [2.45, 2.75) is 13.5 Å². The van der Waals surface area contributed by atoms with Gasteiger partial charge in [0.25, 0.3) is 0 Å². The number of carbonyl (C=O) groups excluding carboxylic acids is 1. The number of fused-ring (bicyclic) bond motifs is 1. The summed E-state index contributed by atoms with van der Waals surface area (Å²) in [5, 5.41) is 4.06. The van der Waals surface area contributed by atoms with E-state index in [2.05, 4.69) is 72.3 Å². The number of hydrogen-bond donors (Lipinski definition) is 1. The van der Waals surface area contributed by atoms with Crippen molar-refractivity contribution in [1.82, 2.24) is 20.1 Å². The van der Waals surface area contributed by atoms with Crippen LogP contribution in [0.5, 0.6) is 0 Å². The Labute approximate surface area is 155 Å². The minimum Gasteiger partial charge on any atom is -0.353 e. The highest BCUT2D eigenvalue weighted by atomic mass is 16.2. The van der Waals surface area contributed by atoms with E-state index in [1.807, 2.05) is 0 Å². The molecule has 2 heterocycles. The molecule has 0 saturated carbocycles. The van der Waals surface area contributed by atoms with Crippen molar-refractivity contribution in [3.63, 3.8) is 0 Å². The SMILES string of the molecule is Cc1cccc2cc(CN(C)CCN(C)C)c(N3CCNC(=O)C3)nc12. The van der Waals surface area contributed by atoms with Crippen LogP contribution < -0.4 is 10.2 Å². The van der Waals surface area contributed by atoms with Gasteiger partial charge in [0.2, 0.25) is 5.91 Å². The van der Waals surface area contributed by atoms with Crippen molar-refractivity contribution in [2.75, 3.05) is 58.8 Å². The molecule has 0 radical (unpaired) electrons. The number of amides is 1. The van der Waals surface area contributed by atoms with E-state index in [-0.39, 0.29) is 5.91 Å². The Morgan fingerprint density at radius 2 is 2.04 bits per heavy atom. The van der Waals surface area contributed by atoms with E-state index in [0.29, 0.717) is 13.1 Å². The number of anilines is 1. The third-order valence-electron chi connectivity index (χ3n) is 4.81. The van der Waals surface area contributed by atoms with Crippen LogP contribution in [0.3, 0.4) is 0 Å². The van der Waals surface area contributed by atoms with Crippen molar-refractivity contribution >= 4 is 22.6 Å². The molecule has 1 aromatic carbocycles. The Morgan fingerprint density at radius 1 is 1.23 bits per heavy atom. The van der Waals surface area contributed by atoms with E-state index in [4.69, 9.17) is 4.98 Å². The highest BCUT2D eigenvalue weighted by Gasteiger charge is 2.21. The number of nitrogens with one attached hydrogen (secondary N) is 1. The number of pyridine rings is 1. The van der Waals surface area contributed by atoms with E-state index in [0.717, 1.165) is 48.5 Å². The summed E-state index contributed by atoms with van der Waals surface area (Å²) in [6.45, 7) is 6.74. The Hall–Kier alpha value is -2.18. The molecule has 0 aliphatic carbocycles. The molecule has 2 aromatic rings. The predicted molar refractivity (Wildman–Crippen MR) is 107 cm³/mol. The molecule has 6 heteroatoms. The summed E-state index contributed by atoms with van der Waals surface area (Å²) >= 11 is 0. The highest BCUT2D eigenvalue weighted by Crippen LogP contribution is 2.27. The van der Waals surface area contributed by atoms with Crippen molar-refractivity contribution in [2.24, 2.45) is 0 Å². The van der Waals surface area contributed by atoms with Crippen molar-refractivity contribution < 1.29 is 4.79 Å². The average molecular weight is 355 g/mol. The van der Waals surface area contributed by atoms with Crippen LogP contribution in [0.1, 0.15) is 11.1 Å². The van der Waals surface area contributed by atoms with Gasteiger partial charge in [-0.05, 0) is 39.7 Å². The Kier molecular flexibility index (Phi) is 5.74. The van der Waals surface area contributed by atoms with E-state index < -0.39 is 0 Å². The first-order valence-corrected chi connectivity index (χ1v) is 9.18. The number of nitrogens with zero attached hydrogens (tertiary/aromatic N) is 4. The lowest BCUT2D eigenvalue weighted by atomic mass is 10.1. The summed E-state index contributed by atoms with van der Waals surface area (Å²) in [5.41, 5.74) is 3.37. The van der Waals surface area contributed by atoms with Crippen LogP contribution in [0.4, 0.5) is 5.82 Å². The molecule has 1 fully saturated rings. The molecule has 1 aliphatic heterocycles. The molecule has 3 rings (SSSR count). The number of piperazine rings is 1. The molecule has 1 saturated heterocycles. The largest absolute Gasteiger partial charge is 0.353 e. The second kappa shape index (κ2) is 8.01. The molecular formula is C20H29N5O. The topological polar surface area (TPSA) is 51.7 Å². The lowest BCUT2D eigenvalue weighted by Crippen LogP contribution is -2.48. The number of rotatable bonds is 6. The summed E-state index contributed by atoms with van der Waals surface area (Å²) in [6, 6.07) is 8.52. The van der Waals surface area contributed by atoms with Crippen LogP contribution in [0.15, 0.2) is 24.3 Å². The molecule has 1 amide bonds. The van der Waals surface area contributed by atoms with E-state index >= 15 is 0 Å². The van der Waals surface area contributed by atoms with Gasteiger partial charge in [0.05, 0.1) is 12.1 Å². The van der Waals surface area contributed by atoms with Gasteiger partial charge in [0.1, 0.15) is 5.82 Å². The predicted octanol–water partition coefficient (Wildman–Crippen LogP) is 1.47. The number of aromatic nitrogens is 1. The maximum Gasteiger partial charge on any atom is 0.239 e. The molecule has 0 spiro atoms. The minimum atomic E-state index is 0.0647. The van der Waals surface area contributed by atoms with Crippen LogP contribution >= 0.6 is 0 Å². The van der Waals surface area contributed by atoms with Gasteiger partial charge in [0, 0.05) is 43.7 Å². The number of carbonyl (C=O) groups is 1. The molecule has 0 atom stereocenters. The zero-order chi connectivity index (χ0) is 18.7. The van der Waals surface area contributed by atoms with Crippen molar-refractivity contribution in [3.8, 4) is 0 Å². The monoisotopic (exact) mass is 355 g/mol. The summed E-state index contributed by atoms with van der Waals surface area (Å²) in [7, 11) is 6.31. The quantitative estimate of drug-likeness (QED) is 0.851. The van der Waals surface area contributed by atoms with Crippen LogP contribution in [0, 0.1) is 6.92 Å². The van der Waals surface area contributed by atoms with Crippen LogP contribution in [0.25, 0.3) is 10.9 Å². The molecule has 1 aliphatic rings. The van der Waals surface area contributed by atoms with Gasteiger partial charge in [-0.2, -0.15) is 0 Å². The fourth-order valence-corrected chi connectivity index (χ4v) is 3.33. The first kappa shape index (κ1) is 18.6. The molecule has 0 unspecified atom stereocenters. The van der Waals surface area contributed by atoms with Gasteiger partial charge in [0.15, 0.2) is 0 Å². The maximum atomic E-state index is 11.9. The Morgan fingerprint density at radius 3 is 2.77 bits per heavy atom. The van der Waals surface area contributed by atoms with Crippen molar-refractivity contribution in [3.05, 3.63) is 35.4 Å². The molecular weight excluding hydrogens is 326 g/mol. The van der Waals surface area contributed by atoms with Gasteiger partial charge in [-0.1, -0.05) is 18.2 Å². The van der Waals surface area contributed by atoms with E-state index in [9.17, 15) is 4.79 Å². The number of likely N-dealkylation sites (N-methyl/N-ethyl adjacent to an activating group) is 2. The van der Waals surface area contributed by atoms with Gasteiger partial charge in [-0.25, -0.2) is 4.98 Å². The maximum absolute atomic E-state index is 11.9. The molecule has 1 aromatic heterocycles. The molecule has 0 bridgehead atoms. The fraction of sp³-hybridized carbons (Fsp3) is 0.500. The van der Waals surface area contributed by atoms with E-state index in [1.165, 1.54) is 5.56 Å². The van der Waals surface area contributed by atoms with Gasteiger partial charge < -0.3 is 20.0 Å². The second-order valence-electron chi connectivity index (χ2n) is 7.43. The summed E-state index contributed by atoms with van der Waals surface area (Å²) in [4.78, 5) is 23.5. The molecule has 6 nitrogen and oxygen atoms in total. The smallest absolute Gasteiger partial charge is 0.239 e. The average Bonchev–Trinajstić information content (AvgIpc) is 2.60. The fourth-order valence-electron chi connectivity index (χ4n) is 3.33. The van der Waals surface area contributed by atoms with Crippen molar-refractivity contribution in [1.29, 1.82) is 0 Å². The summed E-state index contributed by atoms with van der Waals surface area (Å²) in [6.07, 6.45) is 0. The highest BCUT2D eigenvalue weighted by molar-refractivity contribution is 5.87. The number of hydrogen-bond acceptors (Lipinski definition) is 5. The first-order valence-electron chi connectivity index (χ1n) is 9.18. The zero-order valence-corrected chi connectivity index (χ0v) is 16.2. The molecule has 140 valence electrons. The normalized spacial score (nSPS) is 15.2. The van der Waals surface area contributed by atoms with Gasteiger partial charge in [-0.15, -0.1) is 0 Å². The van der Waals surface area contributed by atoms with Gasteiger partial charge in [-0.3, -0.25) is 4.79 Å². The third-order valence-corrected chi connectivity index (χ3v) is 4.81. The van der Waals surface area contributed by atoms with Crippen LogP contribution in [-0.4, -0.2) is 74.6 Å². The lowest BCUT2D eigenvalue weighted by molar-refractivity contribution is -0.120. The number of aryl methyl sites for hydroxylation is 1. The Balaban J connectivity index is 1.95. The summed E-state index contributed by atoms with van der Waals surface area (Å²) < 4.78 is 0. The van der Waals surface area contributed by atoms with Crippen LogP contribution in [-0.2, 0) is 11.3 Å². The lowest BCUT2D eigenvalue weighted by Gasteiger charge is -2.30. The number of benzene rings is 1.